The molecule has 1 N–H and O–H groups in total. The van der Waals surface area contributed by atoms with E-state index in [0.29, 0.717) is 11.8 Å². The van der Waals surface area contributed by atoms with Crippen LogP contribution in [0, 0.1) is 13.8 Å². The van der Waals surface area contributed by atoms with Crippen molar-refractivity contribution < 1.29 is 4.57 Å². The van der Waals surface area contributed by atoms with Crippen molar-refractivity contribution in [3.8, 4) is 11.3 Å². The van der Waals surface area contributed by atoms with Crippen molar-refractivity contribution in [3.63, 3.8) is 0 Å². The largest absolute Gasteiger partial charge is 0.258 e. The van der Waals surface area contributed by atoms with Crippen LogP contribution in [0.25, 0.3) is 16.9 Å². The molecule has 0 amide bonds. The third-order valence-corrected chi connectivity index (χ3v) is 5.25. The van der Waals surface area contributed by atoms with Gasteiger partial charge in [-0.2, -0.15) is 5.10 Å². The van der Waals surface area contributed by atoms with E-state index in [1.165, 1.54) is 11.4 Å². The predicted molar refractivity (Wildman–Crippen MR) is 97.8 cm³/mol. The van der Waals surface area contributed by atoms with Crippen molar-refractivity contribution in [2.75, 3.05) is 0 Å². The fourth-order valence-corrected chi connectivity index (χ4v) is 3.69. The van der Waals surface area contributed by atoms with Crippen molar-refractivity contribution in [2.24, 2.45) is 7.05 Å². The molecule has 1 saturated carbocycles. The smallest absolute Gasteiger partial charge is 0.256 e. The maximum absolute atomic E-state index is 4.77. The number of aryl methyl sites for hydroxylation is 3. The van der Waals surface area contributed by atoms with Crippen LogP contribution in [0.3, 0.4) is 0 Å². The number of imidazole rings is 1. The number of H-pyrrole nitrogens is 1. The predicted octanol–water partition coefficient (Wildman–Crippen LogP) is 2.83. The van der Waals surface area contributed by atoms with Crippen LogP contribution in [-0.2, 0) is 7.05 Å². The molecule has 3 aromatic heterocycles. The molecule has 2 atom stereocenters. The van der Waals surface area contributed by atoms with Crippen LogP contribution in [0.15, 0.2) is 42.7 Å². The number of benzene rings is 1. The summed E-state index contributed by atoms with van der Waals surface area (Å²) >= 11 is 0. The lowest BCUT2D eigenvalue weighted by Gasteiger charge is -1.97. The Morgan fingerprint density at radius 3 is 2.73 bits per heavy atom. The normalized spacial score (nSPS) is 19.2. The minimum Gasteiger partial charge on any atom is -0.256 e. The fourth-order valence-electron chi connectivity index (χ4n) is 3.69. The van der Waals surface area contributed by atoms with Gasteiger partial charge in [-0.25, -0.2) is 19.1 Å². The van der Waals surface area contributed by atoms with Gasteiger partial charge in [0.05, 0.1) is 24.4 Å². The molecule has 6 heteroatoms. The van der Waals surface area contributed by atoms with Crippen molar-refractivity contribution in [2.45, 2.75) is 32.1 Å². The molecule has 0 spiro atoms. The lowest BCUT2D eigenvalue weighted by molar-refractivity contribution is -0.677. The average molecular weight is 345 g/mol. The highest BCUT2D eigenvalue weighted by Gasteiger charge is 2.48. The molecule has 1 aromatic carbocycles. The molecule has 1 aliphatic carbocycles. The van der Waals surface area contributed by atoms with Crippen molar-refractivity contribution in [1.29, 1.82) is 0 Å². The third kappa shape index (κ3) is 2.33. The first-order valence-corrected chi connectivity index (χ1v) is 8.94. The Labute approximate surface area is 151 Å². The van der Waals surface area contributed by atoms with Crippen LogP contribution in [0.5, 0.6) is 0 Å². The Morgan fingerprint density at radius 1 is 1.15 bits per heavy atom. The molecule has 0 bridgehead atoms. The highest BCUT2D eigenvalue weighted by Crippen LogP contribution is 2.52. The maximum Gasteiger partial charge on any atom is 0.258 e. The zero-order chi connectivity index (χ0) is 17.8. The summed E-state index contributed by atoms with van der Waals surface area (Å²) in [6.07, 6.45) is 5.09. The van der Waals surface area contributed by atoms with Gasteiger partial charge in [-0.1, -0.05) is 30.3 Å². The maximum atomic E-state index is 4.77. The summed E-state index contributed by atoms with van der Waals surface area (Å²) < 4.78 is 4.11. The van der Waals surface area contributed by atoms with E-state index in [2.05, 4.69) is 52.0 Å². The summed E-state index contributed by atoms with van der Waals surface area (Å²) in [6, 6.07) is 10.4. The number of rotatable bonds is 3. The lowest BCUT2D eigenvalue weighted by Crippen LogP contribution is -2.30. The molecule has 0 unspecified atom stereocenters. The number of hydrogen-bond acceptors (Lipinski definition) is 3. The summed E-state index contributed by atoms with van der Waals surface area (Å²) in [5.41, 5.74) is 5.15. The summed E-state index contributed by atoms with van der Waals surface area (Å²) in [5, 5.41) is 4.75. The highest BCUT2D eigenvalue weighted by atomic mass is 15.3. The van der Waals surface area contributed by atoms with Crippen molar-refractivity contribution >= 4 is 5.65 Å². The van der Waals surface area contributed by atoms with E-state index >= 15 is 0 Å². The lowest BCUT2D eigenvalue weighted by atomic mass is 10.2. The van der Waals surface area contributed by atoms with Crippen LogP contribution >= 0.6 is 0 Å². The number of fused-ring (bicyclic) bond motifs is 1. The monoisotopic (exact) mass is 345 g/mol. The van der Waals surface area contributed by atoms with Gasteiger partial charge in [-0.3, -0.25) is 4.98 Å². The minimum atomic E-state index is 0.363. The second kappa shape index (κ2) is 5.49. The molecule has 1 aliphatic rings. The first-order valence-electron chi connectivity index (χ1n) is 8.94. The highest BCUT2D eigenvalue weighted by molar-refractivity contribution is 5.57. The van der Waals surface area contributed by atoms with E-state index in [1.807, 2.05) is 30.6 Å². The molecule has 6 nitrogen and oxygen atoms in total. The zero-order valence-electron chi connectivity index (χ0n) is 15.1. The average Bonchev–Trinajstić information content (AvgIpc) is 3.13. The van der Waals surface area contributed by atoms with Gasteiger partial charge in [-0.15, -0.1) is 0 Å². The van der Waals surface area contributed by atoms with Gasteiger partial charge in [0.1, 0.15) is 6.20 Å². The molecule has 130 valence electrons. The molecule has 1 fully saturated rings. The summed E-state index contributed by atoms with van der Waals surface area (Å²) in [5.74, 6) is 2.95. The van der Waals surface area contributed by atoms with Gasteiger partial charge < -0.3 is 0 Å². The molecular formula is C20H21N6+. The SMILES string of the molecule is Cc1ncc(C)n2nc([C@@H]3C[C@H]3c3[nH]c(-c4ccccc4)c[n+]3C)nc12. The second-order valence-electron chi connectivity index (χ2n) is 7.17. The Hall–Kier alpha value is -3.02. The fraction of sp³-hybridized carbons (Fsp3) is 0.300. The molecule has 0 radical (unpaired) electrons. The van der Waals surface area contributed by atoms with E-state index < -0.39 is 0 Å². The summed E-state index contributed by atoms with van der Waals surface area (Å²) in [4.78, 5) is 12.8. The molecule has 4 aromatic rings. The molecule has 0 aliphatic heterocycles. The molecule has 3 heterocycles. The van der Waals surface area contributed by atoms with Crippen molar-refractivity contribution in [3.05, 3.63) is 65.8 Å². The van der Waals surface area contributed by atoms with Crippen LogP contribution in [0.2, 0.25) is 0 Å². The summed E-state index contributed by atoms with van der Waals surface area (Å²) in [7, 11) is 2.10. The van der Waals surface area contributed by atoms with Gasteiger partial charge >= 0.3 is 0 Å². The quantitative estimate of drug-likeness (QED) is 0.581. The van der Waals surface area contributed by atoms with E-state index in [-0.39, 0.29) is 0 Å². The van der Waals surface area contributed by atoms with Gasteiger partial charge in [0.25, 0.3) is 5.82 Å². The van der Waals surface area contributed by atoms with Crippen LogP contribution < -0.4 is 4.57 Å². The number of aromatic nitrogens is 6. The number of nitrogens with zero attached hydrogens (tertiary/aromatic N) is 5. The summed E-state index contributed by atoms with van der Waals surface area (Å²) in [6.45, 7) is 3.99. The minimum absolute atomic E-state index is 0.363. The molecule has 26 heavy (non-hydrogen) atoms. The number of hydrogen-bond donors (Lipinski definition) is 1. The molecular weight excluding hydrogens is 324 g/mol. The van der Waals surface area contributed by atoms with E-state index in [9.17, 15) is 0 Å². The van der Waals surface area contributed by atoms with E-state index in [1.54, 1.807) is 0 Å². The third-order valence-electron chi connectivity index (χ3n) is 5.25. The van der Waals surface area contributed by atoms with Crippen LogP contribution in [0.4, 0.5) is 0 Å². The van der Waals surface area contributed by atoms with Gasteiger partial charge in [-0.05, 0) is 20.3 Å². The molecule has 5 rings (SSSR count). The first kappa shape index (κ1) is 15.3. The second-order valence-corrected chi connectivity index (χ2v) is 7.17. The zero-order valence-corrected chi connectivity index (χ0v) is 15.1. The Bertz CT molecular complexity index is 1070. The first-order chi connectivity index (χ1) is 12.6. The van der Waals surface area contributed by atoms with Gasteiger partial charge in [0.2, 0.25) is 0 Å². The Kier molecular flexibility index (Phi) is 3.22. The van der Waals surface area contributed by atoms with Crippen molar-refractivity contribution in [1.82, 2.24) is 24.6 Å². The van der Waals surface area contributed by atoms with Gasteiger partial charge in [0.15, 0.2) is 17.2 Å². The number of aromatic amines is 1. The Morgan fingerprint density at radius 2 is 1.96 bits per heavy atom. The van der Waals surface area contributed by atoms with E-state index in [0.717, 1.165) is 35.0 Å². The molecule has 0 saturated heterocycles. The Balaban J connectivity index is 1.47. The van der Waals surface area contributed by atoms with Gasteiger partial charge in [0, 0.05) is 17.7 Å². The van der Waals surface area contributed by atoms with Crippen LogP contribution in [-0.4, -0.2) is 24.6 Å². The standard InChI is InChI=1S/C20H20N6/c1-12-10-21-13(2)19-23-18(24-26(12)19)15-9-16(15)20-22-17(11-25(20)3)14-7-5-4-6-8-14/h4-8,10-11,15-16H,9H2,1-3H3/p+1/t15-,16-/m1/s1. The topological polar surface area (TPSA) is 62.8 Å². The number of nitrogens with one attached hydrogen (secondary N) is 1. The van der Waals surface area contributed by atoms with Crippen LogP contribution in [0.1, 0.15) is 41.3 Å². The van der Waals surface area contributed by atoms with E-state index in [4.69, 9.17) is 10.1 Å².